The lowest BCUT2D eigenvalue weighted by molar-refractivity contribution is 0.292. The third-order valence-corrected chi connectivity index (χ3v) is 4.26. The van der Waals surface area contributed by atoms with Crippen LogP contribution >= 0.6 is 0 Å². The van der Waals surface area contributed by atoms with Crippen molar-refractivity contribution in [3.8, 4) is 22.5 Å². The number of H-pyrrole nitrogens is 1. The quantitative estimate of drug-likeness (QED) is 0.449. The fraction of sp³-hybridized carbons (Fsp3) is 0.143. The second kappa shape index (κ2) is 7.98. The van der Waals surface area contributed by atoms with E-state index in [0.717, 1.165) is 11.1 Å². The van der Waals surface area contributed by atoms with E-state index in [2.05, 4.69) is 25.3 Å². The summed E-state index contributed by atoms with van der Waals surface area (Å²) in [7, 11) is 0. The molecule has 2 heterocycles. The van der Waals surface area contributed by atoms with Crippen molar-refractivity contribution in [3.05, 3.63) is 71.0 Å². The minimum Gasteiger partial charge on any atom is -0.396 e. The molecule has 0 atom stereocenters. The molecule has 0 amide bonds. The van der Waals surface area contributed by atoms with Crippen LogP contribution in [0.4, 0.5) is 5.95 Å². The first-order chi connectivity index (χ1) is 13.8. The number of aliphatic hydroxyl groups is 1. The summed E-state index contributed by atoms with van der Waals surface area (Å²) in [6.07, 6.45) is 0.551. The highest BCUT2D eigenvalue weighted by molar-refractivity contribution is 5.84. The molecule has 0 radical (unpaired) electrons. The first-order valence-electron chi connectivity index (χ1n) is 9.04. The molecule has 0 unspecified atom stereocenters. The van der Waals surface area contributed by atoms with E-state index in [1.807, 2.05) is 60.7 Å². The van der Waals surface area contributed by atoms with Crippen molar-refractivity contribution in [1.82, 2.24) is 19.9 Å². The maximum absolute atomic E-state index is 12.6. The Morgan fingerprint density at radius 2 is 1.46 bits per heavy atom. The number of rotatable bonds is 6. The molecule has 2 aromatic heterocycles. The summed E-state index contributed by atoms with van der Waals surface area (Å²) in [5.74, 6) is 0.312. The zero-order valence-electron chi connectivity index (χ0n) is 15.1. The van der Waals surface area contributed by atoms with Crippen molar-refractivity contribution in [2.24, 2.45) is 0 Å². The minimum atomic E-state index is -0.360. The highest BCUT2D eigenvalue weighted by atomic mass is 16.3. The number of aliphatic hydroxyl groups excluding tert-OH is 1. The molecule has 4 aromatic rings. The van der Waals surface area contributed by atoms with Crippen LogP contribution in [0.1, 0.15) is 6.42 Å². The van der Waals surface area contributed by atoms with Gasteiger partial charge in [-0.15, -0.1) is 0 Å². The predicted molar refractivity (Wildman–Crippen MR) is 109 cm³/mol. The topological polar surface area (TPSA) is 104 Å². The molecule has 0 saturated heterocycles. The standard InChI is InChI=1S/C21H19N5O2/c27-13-7-12-22-21-25-19-18(20(28)26-21)23-16(14-8-3-1-4-9-14)17(24-19)15-10-5-2-6-11-15/h1-6,8-11,27H,7,12-13H2,(H2,22,24,25,26,28). The molecule has 7 heteroatoms. The molecule has 0 aliphatic carbocycles. The molecule has 0 fully saturated rings. The summed E-state index contributed by atoms with van der Waals surface area (Å²) >= 11 is 0. The second-order valence-corrected chi connectivity index (χ2v) is 6.24. The molecule has 0 aliphatic rings. The number of fused-ring (bicyclic) bond motifs is 1. The fourth-order valence-electron chi connectivity index (χ4n) is 2.92. The molecule has 140 valence electrons. The summed E-state index contributed by atoms with van der Waals surface area (Å²) in [4.78, 5) is 29.0. The highest BCUT2D eigenvalue weighted by Gasteiger charge is 2.16. The molecule has 0 bridgehead atoms. The lowest BCUT2D eigenvalue weighted by atomic mass is 10.0. The highest BCUT2D eigenvalue weighted by Crippen LogP contribution is 2.29. The van der Waals surface area contributed by atoms with Gasteiger partial charge in [0.15, 0.2) is 11.2 Å². The van der Waals surface area contributed by atoms with Crippen LogP contribution in [-0.4, -0.2) is 38.2 Å². The van der Waals surface area contributed by atoms with Crippen molar-refractivity contribution in [1.29, 1.82) is 0 Å². The van der Waals surface area contributed by atoms with E-state index < -0.39 is 0 Å². The number of nitrogens with one attached hydrogen (secondary N) is 2. The Kier molecular flexibility index (Phi) is 5.07. The zero-order chi connectivity index (χ0) is 19.3. The van der Waals surface area contributed by atoms with E-state index in [-0.39, 0.29) is 23.3 Å². The van der Waals surface area contributed by atoms with Gasteiger partial charge in [0, 0.05) is 24.3 Å². The van der Waals surface area contributed by atoms with Crippen LogP contribution in [0.3, 0.4) is 0 Å². The normalized spacial score (nSPS) is 10.9. The molecule has 2 aromatic carbocycles. The lowest BCUT2D eigenvalue weighted by Gasteiger charge is -2.11. The number of benzene rings is 2. The summed E-state index contributed by atoms with van der Waals surface area (Å²) in [6.45, 7) is 0.551. The van der Waals surface area contributed by atoms with Gasteiger partial charge < -0.3 is 10.4 Å². The number of nitrogens with zero attached hydrogens (tertiary/aromatic N) is 3. The SMILES string of the molecule is O=c1[nH]c(NCCCO)nc2nc(-c3ccccc3)c(-c3ccccc3)nc12. The van der Waals surface area contributed by atoms with E-state index in [1.54, 1.807) is 0 Å². The monoisotopic (exact) mass is 373 g/mol. The maximum Gasteiger partial charge on any atom is 0.280 e. The average Bonchev–Trinajstić information content (AvgIpc) is 2.74. The van der Waals surface area contributed by atoms with Crippen LogP contribution in [0.5, 0.6) is 0 Å². The van der Waals surface area contributed by atoms with Crippen molar-refractivity contribution in [2.45, 2.75) is 6.42 Å². The summed E-state index contributed by atoms with van der Waals surface area (Å²) < 4.78 is 0. The second-order valence-electron chi connectivity index (χ2n) is 6.24. The number of aromatic nitrogens is 4. The van der Waals surface area contributed by atoms with E-state index in [1.165, 1.54) is 0 Å². The van der Waals surface area contributed by atoms with E-state index >= 15 is 0 Å². The molecule has 0 aliphatic heterocycles. The van der Waals surface area contributed by atoms with Gasteiger partial charge in [-0.1, -0.05) is 60.7 Å². The van der Waals surface area contributed by atoms with Gasteiger partial charge in [0.2, 0.25) is 5.95 Å². The van der Waals surface area contributed by atoms with Crippen LogP contribution in [0.2, 0.25) is 0 Å². The smallest absolute Gasteiger partial charge is 0.280 e. The van der Waals surface area contributed by atoms with Crippen LogP contribution in [0.25, 0.3) is 33.7 Å². The van der Waals surface area contributed by atoms with Crippen molar-refractivity contribution in [3.63, 3.8) is 0 Å². The van der Waals surface area contributed by atoms with Crippen molar-refractivity contribution >= 4 is 17.1 Å². The minimum absolute atomic E-state index is 0.0587. The Balaban J connectivity index is 1.91. The van der Waals surface area contributed by atoms with Gasteiger partial charge in [-0.05, 0) is 6.42 Å². The van der Waals surface area contributed by atoms with Gasteiger partial charge in [0.1, 0.15) is 0 Å². The number of hydrogen-bond donors (Lipinski definition) is 3. The first kappa shape index (κ1) is 17.8. The molecule has 4 rings (SSSR count). The Labute approximate surface area is 161 Å². The van der Waals surface area contributed by atoms with Gasteiger partial charge in [-0.2, -0.15) is 4.98 Å². The molecular formula is C21H19N5O2. The van der Waals surface area contributed by atoms with E-state index in [4.69, 9.17) is 5.11 Å². The average molecular weight is 373 g/mol. The van der Waals surface area contributed by atoms with Gasteiger partial charge in [-0.25, -0.2) is 9.97 Å². The van der Waals surface area contributed by atoms with Crippen molar-refractivity contribution in [2.75, 3.05) is 18.5 Å². The summed E-state index contributed by atoms with van der Waals surface area (Å²) in [5.41, 5.74) is 3.17. The predicted octanol–water partition coefficient (Wildman–Crippen LogP) is 2.84. The lowest BCUT2D eigenvalue weighted by Crippen LogP contribution is -2.16. The Bertz CT molecular complexity index is 1140. The molecular weight excluding hydrogens is 354 g/mol. The summed E-state index contributed by atoms with van der Waals surface area (Å²) in [6, 6.07) is 19.4. The Morgan fingerprint density at radius 1 is 0.857 bits per heavy atom. The van der Waals surface area contributed by atoms with Gasteiger partial charge in [0.05, 0.1) is 11.4 Å². The molecule has 7 nitrogen and oxygen atoms in total. The molecule has 3 N–H and O–H groups in total. The van der Waals surface area contributed by atoms with E-state index in [0.29, 0.717) is 30.3 Å². The number of anilines is 1. The van der Waals surface area contributed by atoms with Crippen LogP contribution in [0, 0.1) is 0 Å². The van der Waals surface area contributed by atoms with Gasteiger partial charge in [0.25, 0.3) is 5.56 Å². The largest absolute Gasteiger partial charge is 0.396 e. The third-order valence-electron chi connectivity index (χ3n) is 4.26. The third kappa shape index (κ3) is 3.60. The van der Waals surface area contributed by atoms with E-state index in [9.17, 15) is 4.79 Å². The Hall–Kier alpha value is -3.58. The molecule has 0 saturated carbocycles. The van der Waals surface area contributed by atoms with Gasteiger partial charge in [-0.3, -0.25) is 9.78 Å². The van der Waals surface area contributed by atoms with Crippen LogP contribution < -0.4 is 10.9 Å². The number of hydrogen-bond acceptors (Lipinski definition) is 6. The zero-order valence-corrected chi connectivity index (χ0v) is 15.1. The maximum atomic E-state index is 12.6. The fourth-order valence-corrected chi connectivity index (χ4v) is 2.92. The van der Waals surface area contributed by atoms with Crippen LogP contribution in [-0.2, 0) is 0 Å². The van der Waals surface area contributed by atoms with Crippen LogP contribution in [0.15, 0.2) is 65.5 Å². The molecule has 0 spiro atoms. The van der Waals surface area contributed by atoms with Gasteiger partial charge >= 0.3 is 0 Å². The first-order valence-corrected chi connectivity index (χ1v) is 9.04. The number of aromatic amines is 1. The van der Waals surface area contributed by atoms with Crippen molar-refractivity contribution < 1.29 is 5.11 Å². The Morgan fingerprint density at radius 3 is 2.07 bits per heavy atom. The summed E-state index contributed by atoms with van der Waals surface area (Å²) in [5, 5.41) is 11.9. The molecule has 28 heavy (non-hydrogen) atoms.